The van der Waals surface area contributed by atoms with Gasteiger partial charge in [-0.2, -0.15) is 0 Å². The van der Waals surface area contributed by atoms with Crippen LogP contribution in [0.3, 0.4) is 0 Å². The van der Waals surface area contributed by atoms with Gasteiger partial charge in [-0.05, 0) is 61.3 Å². The summed E-state index contributed by atoms with van der Waals surface area (Å²) in [6, 6.07) is 16.4. The van der Waals surface area contributed by atoms with Crippen molar-refractivity contribution >= 4 is 5.71 Å². The third-order valence-corrected chi connectivity index (χ3v) is 7.31. The smallest absolute Gasteiger partial charge is 0.168 e. The van der Waals surface area contributed by atoms with Crippen LogP contribution in [0.4, 0.5) is 0 Å². The Morgan fingerprint density at radius 1 is 0.971 bits per heavy atom. The molecule has 1 aliphatic carbocycles. The van der Waals surface area contributed by atoms with Crippen molar-refractivity contribution in [2.45, 2.75) is 50.7 Å². The van der Waals surface area contributed by atoms with Gasteiger partial charge in [0, 0.05) is 25.0 Å². The van der Waals surface area contributed by atoms with Gasteiger partial charge in [-0.3, -0.25) is 0 Å². The molecule has 2 aliphatic heterocycles. The molecule has 182 valence electrons. The summed E-state index contributed by atoms with van der Waals surface area (Å²) >= 11 is 0. The van der Waals surface area contributed by atoms with Crippen molar-refractivity contribution < 1.29 is 23.8 Å². The first-order valence-electron chi connectivity index (χ1n) is 12.5. The maximum Gasteiger partial charge on any atom is 0.168 e. The maximum absolute atomic E-state index is 6.28. The summed E-state index contributed by atoms with van der Waals surface area (Å²) in [6.45, 7) is 3.60. The molecular formula is C28H35NO5. The van der Waals surface area contributed by atoms with Crippen LogP contribution >= 0.6 is 0 Å². The fourth-order valence-electron chi connectivity index (χ4n) is 5.14. The summed E-state index contributed by atoms with van der Waals surface area (Å²) < 4.78 is 23.3. The molecule has 1 spiro atoms. The van der Waals surface area contributed by atoms with E-state index in [4.69, 9.17) is 23.8 Å². The van der Waals surface area contributed by atoms with Gasteiger partial charge in [-0.25, -0.2) is 0 Å². The first-order chi connectivity index (χ1) is 16.7. The Morgan fingerprint density at radius 3 is 2.50 bits per heavy atom. The Labute approximate surface area is 202 Å². The van der Waals surface area contributed by atoms with Crippen LogP contribution in [0, 0.1) is 11.8 Å². The first-order valence-corrected chi connectivity index (χ1v) is 12.5. The minimum Gasteiger partial charge on any atom is -0.493 e. The Balaban J connectivity index is 1.09. The predicted octanol–water partition coefficient (Wildman–Crippen LogP) is 5.38. The van der Waals surface area contributed by atoms with E-state index in [2.05, 4.69) is 29.4 Å². The van der Waals surface area contributed by atoms with E-state index in [1.54, 1.807) is 7.11 Å². The zero-order chi connectivity index (χ0) is 23.2. The summed E-state index contributed by atoms with van der Waals surface area (Å²) in [7, 11) is 1.68. The molecule has 5 rings (SSSR count). The van der Waals surface area contributed by atoms with E-state index in [9.17, 15) is 0 Å². The van der Waals surface area contributed by atoms with Gasteiger partial charge in [0.25, 0.3) is 0 Å². The lowest BCUT2D eigenvalue weighted by Crippen LogP contribution is -2.29. The van der Waals surface area contributed by atoms with E-state index in [1.165, 1.54) is 31.2 Å². The van der Waals surface area contributed by atoms with Crippen LogP contribution in [0.15, 0.2) is 53.7 Å². The van der Waals surface area contributed by atoms with Gasteiger partial charge in [0.15, 0.2) is 17.1 Å². The van der Waals surface area contributed by atoms with Crippen LogP contribution in [0.2, 0.25) is 0 Å². The Hall–Kier alpha value is -2.57. The minimum absolute atomic E-state index is 0.278. The predicted molar refractivity (Wildman–Crippen MR) is 130 cm³/mol. The monoisotopic (exact) mass is 465 g/mol. The number of hydrogen-bond acceptors (Lipinski definition) is 6. The summed E-state index contributed by atoms with van der Waals surface area (Å²) in [4.78, 5) is 5.76. The molecule has 0 bridgehead atoms. The van der Waals surface area contributed by atoms with Crippen LogP contribution in [0.1, 0.15) is 49.7 Å². The topological polar surface area (TPSA) is 58.5 Å². The second-order valence-electron chi connectivity index (χ2n) is 9.86. The van der Waals surface area contributed by atoms with Gasteiger partial charge in [-0.15, -0.1) is 0 Å². The third-order valence-electron chi connectivity index (χ3n) is 7.31. The standard InChI is InChI=1S/C28H35NO5/c1-30-26-12-11-24(25-16-28(34-29-25)13-14-31-20-28)15-27(26)33-19-23-9-7-22(8-10-23)18-32-17-21-5-3-2-4-6-21/h2-6,11-12,15,22-23H,7-10,13-14,16-20H2,1H3. The zero-order valence-electron chi connectivity index (χ0n) is 20.0. The van der Waals surface area contributed by atoms with Crippen molar-refractivity contribution in [2.75, 3.05) is 33.5 Å². The normalized spacial score (nSPS) is 26.3. The molecule has 0 radical (unpaired) electrons. The van der Waals surface area contributed by atoms with Crippen molar-refractivity contribution in [3.8, 4) is 11.5 Å². The van der Waals surface area contributed by atoms with Gasteiger partial charge in [0.1, 0.15) is 0 Å². The van der Waals surface area contributed by atoms with E-state index in [0.29, 0.717) is 31.7 Å². The molecule has 1 unspecified atom stereocenters. The molecule has 1 saturated carbocycles. The van der Waals surface area contributed by atoms with E-state index >= 15 is 0 Å². The fraction of sp³-hybridized carbons (Fsp3) is 0.536. The van der Waals surface area contributed by atoms with Crippen molar-refractivity contribution in [3.05, 3.63) is 59.7 Å². The van der Waals surface area contributed by atoms with Crippen molar-refractivity contribution in [1.29, 1.82) is 0 Å². The van der Waals surface area contributed by atoms with Crippen LogP contribution in [0.25, 0.3) is 0 Å². The molecule has 0 N–H and O–H groups in total. The SMILES string of the molecule is COc1ccc(C2=NOC3(CCOC3)C2)cc1OCC1CCC(COCc2ccccc2)CC1. The van der Waals surface area contributed by atoms with E-state index < -0.39 is 0 Å². The van der Waals surface area contributed by atoms with Crippen molar-refractivity contribution in [3.63, 3.8) is 0 Å². The minimum atomic E-state index is -0.278. The van der Waals surface area contributed by atoms with Crippen LogP contribution < -0.4 is 9.47 Å². The average Bonchev–Trinajstić information content (AvgIpc) is 3.53. The molecule has 6 nitrogen and oxygen atoms in total. The van der Waals surface area contributed by atoms with Gasteiger partial charge >= 0.3 is 0 Å². The number of rotatable bonds is 9. The maximum atomic E-state index is 6.28. The van der Waals surface area contributed by atoms with Gasteiger partial charge < -0.3 is 23.8 Å². The summed E-state index contributed by atoms with van der Waals surface area (Å²) in [5.74, 6) is 2.74. The summed E-state index contributed by atoms with van der Waals surface area (Å²) in [6.07, 6.45) is 6.39. The zero-order valence-corrected chi connectivity index (χ0v) is 20.0. The van der Waals surface area contributed by atoms with Crippen molar-refractivity contribution in [1.82, 2.24) is 0 Å². The van der Waals surface area contributed by atoms with Crippen LogP contribution in [-0.4, -0.2) is 44.9 Å². The molecule has 6 heteroatoms. The van der Waals surface area contributed by atoms with Crippen molar-refractivity contribution in [2.24, 2.45) is 17.0 Å². The van der Waals surface area contributed by atoms with Gasteiger partial charge in [-0.1, -0.05) is 35.5 Å². The third kappa shape index (κ3) is 5.56. The second kappa shape index (κ2) is 10.8. The molecule has 2 aromatic rings. The van der Waals surface area contributed by atoms with Crippen LogP contribution in [0.5, 0.6) is 11.5 Å². The van der Waals surface area contributed by atoms with E-state index in [1.807, 2.05) is 24.3 Å². The van der Waals surface area contributed by atoms with Gasteiger partial charge in [0.2, 0.25) is 0 Å². The van der Waals surface area contributed by atoms with E-state index in [0.717, 1.165) is 48.8 Å². The molecule has 0 amide bonds. The summed E-state index contributed by atoms with van der Waals surface area (Å²) in [5, 5.41) is 4.37. The molecule has 1 atom stereocenters. The lowest BCUT2D eigenvalue weighted by Gasteiger charge is -2.28. The number of oxime groups is 1. The Bertz CT molecular complexity index is 962. The number of benzene rings is 2. The molecular weight excluding hydrogens is 430 g/mol. The molecule has 2 aromatic carbocycles. The molecule has 34 heavy (non-hydrogen) atoms. The first kappa shape index (κ1) is 23.2. The highest BCUT2D eigenvalue weighted by atomic mass is 16.7. The number of hydrogen-bond donors (Lipinski definition) is 0. The number of nitrogens with zero attached hydrogens (tertiary/aromatic N) is 1. The highest BCUT2D eigenvalue weighted by Crippen LogP contribution is 2.37. The fourth-order valence-corrected chi connectivity index (χ4v) is 5.14. The largest absolute Gasteiger partial charge is 0.493 e. The van der Waals surface area contributed by atoms with Gasteiger partial charge in [0.05, 0.1) is 39.2 Å². The second-order valence-corrected chi connectivity index (χ2v) is 9.86. The summed E-state index contributed by atoms with van der Waals surface area (Å²) in [5.41, 5.74) is 2.94. The average molecular weight is 466 g/mol. The Morgan fingerprint density at radius 2 is 1.76 bits per heavy atom. The molecule has 0 aromatic heterocycles. The quantitative estimate of drug-likeness (QED) is 0.498. The Kier molecular flexibility index (Phi) is 7.36. The highest BCUT2D eigenvalue weighted by molar-refractivity contribution is 6.02. The van der Waals surface area contributed by atoms with E-state index in [-0.39, 0.29) is 5.60 Å². The number of ether oxygens (including phenoxy) is 4. The van der Waals surface area contributed by atoms with Crippen LogP contribution in [-0.2, 0) is 20.9 Å². The molecule has 3 aliphatic rings. The number of methoxy groups -OCH3 is 1. The highest BCUT2D eigenvalue weighted by Gasteiger charge is 2.43. The lowest BCUT2D eigenvalue weighted by molar-refractivity contribution is -0.0237. The molecule has 1 saturated heterocycles. The molecule has 2 heterocycles. The molecule has 2 fully saturated rings. The lowest BCUT2D eigenvalue weighted by atomic mass is 9.83.